The molecular weight excluding hydrogens is 416 g/mol. The van der Waals surface area contributed by atoms with E-state index in [-0.39, 0.29) is 12.0 Å². The first-order chi connectivity index (χ1) is 14.6. The first kappa shape index (κ1) is 21.0. The van der Waals surface area contributed by atoms with Crippen LogP contribution in [-0.2, 0) is 4.79 Å². The van der Waals surface area contributed by atoms with Crippen molar-refractivity contribution in [2.45, 2.75) is 37.2 Å². The van der Waals surface area contributed by atoms with Crippen molar-refractivity contribution in [2.75, 3.05) is 26.0 Å². The Kier molecular flexibility index (Phi) is 6.79. The van der Waals surface area contributed by atoms with Crippen LogP contribution in [0.3, 0.4) is 0 Å². The quantitative estimate of drug-likeness (QED) is 0.473. The molecular formula is C23H26N2O3S2. The van der Waals surface area contributed by atoms with E-state index in [0.717, 1.165) is 47.7 Å². The molecule has 7 heteroatoms. The maximum atomic E-state index is 12.5. The van der Waals surface area contributed by atoms with E-state index in [4.69, 9.17) is 9.47 Å². The Bertz CT molecular complexity index is 995. The molecule has 2 aromatic carbocycles. The van der Waals surface area contributed by atoms with Crippen LogP contribution in [0.2, 0.25) is 0 Å². The van der Waals surface area contributed by atoms with E-state index < -0.39 is 0 Å². The Hall–Kier alpha value is -2.25. The average molecular weight is 443 g/mol. The largest absolute Gasteiger partial charge is 0.497 e. The van der Waals surface area contributed by atoms with E-state index in [0.29, 0.717) is 11.6 Å². The standard InChI is InChI=1S/C23H26N2O3S2/c1-16-3-6-19(7-4-16)29-14-11-22(26)25-12-9-17(10-13-25)28-23-24-20-15-18(27-2)5-8-21(20)30-23/h3-8,15,17H,9-14H2,1-2H3. The molecule has 4 rings (SSSR count). The number of hydrogen-bond donors (Lipinski definition) is 0. The normalized spacial score (nSPS) is 14.8. The smallest absolute Gasteiger partial charge is 0.274 e. The lowest BCUT2D eigenvalue weighted by Crippen LogP contribution is -2.41. The van der Waals surface area contributed by atoms with Crippen LogP contribution in [0, 0.1) is 6.92 Å². The second-order valence-corrected chi connectivity index (χ2v) is 9.58. The van der Waals surface area contributed by atoms with Crippen LogP contribution in [0.1, 0.15) is 24.8 Å². The fourth-order valence-corrected chi connectivity index (χ4v) is 5.18. The van der Waals surface area contributed by atoms with Gasteiger partial charge in [0.2, 0.25) is 5.91 Å². The number of rotatable bonds is 7. The molecule has 3 aromatic rings. The van der Waals surface area contributed by atoms with Crippen LogP contribution in [0.25, 0.3) is 10.2 Å². The topological polar surface area (TPSA) is 51.7 Å². The van der Waals surface area contributed by atoms with Gasteiger partial charge in [-0.15, -0.1) is 11.8 Å². The van der Waals surface area contributed by atoms with Gasteiger partial charge >= 0.3 is 0 Å². The number of likely N-dealkylation sites (tertiary alicyclic amines) is 1. The summed E-state index contributed by atoms with van der Waals surface area (Å²) in [6, 6.07) is 14.3. The first-order valence-electron chi connectivity index (χ1n) is 10.2. The Morgan fingerprint density at radius 1 is 1.20 bits per heavy atom. The van der Waals surface area contributed by atoms with Gasteiger partial charge in [0, 0.05) is 49.1 Å². The number of aryl methyl sites for hydroxylation is 1. The highest BCUT2D eigenvalue weighted by atomic mass is 32.2. The van der Waals surface area contributed by atoms with Crippen molar-refractivity contribution >= 4 is 39.2 Å². The van der Waals surface area contributed by atoms with Gasteiger partial charge in [-0.1, -0.05) is 29.0 Å². The molecule has 0 atom stereocenters. The minimum absolute atomic E-state index is 0.110. The first-order valence-corrected chi connectivity index (χ1v) is 12.0. The summed E-state index contributed by atoms with van der Waals surface area (Å²) >= 11 is 3.30. The molecule has 30 heavy (non-hydrogen) atoms. The number of benzene rings is 2. The van der Waals surface area contributed by atoms with Crippen molar-refractivity contribution in [3.8, 4) is 10.9 Å². The summed E-state index contributed by atoms with van der Waals surface area (Å²) in [6.45, 7) is 3.58. The van der Waals surface area contributed by atoms with Crippen molar-refractivity contribution in [1.82, 2.24) is 9.88 Å². The van der Waals surface area contributed by atoms with Crippen LogP contribution in [-0.4, -0.2) is 47.8 Å². The second kappa shape index (κ2) is 9.71. The highest BCUT2D eigenvalue weighted by Gasteiger charge is 2.24. The van der Waals surface area contributed by atoms with Crippen molar-refractivity contribution in [3.63, 3.8) is 0 Å². The molecule has 2 heterocycles. The van der Waals surface area contributed by atoms with E-state index in [9.17, 15) is 4.79 Å². The summed E-state index contributed by atoms with van der Waals surface area (Å²) in [4.78, 5) is 20.3. The third-order valence-corrected chi connectivity index (χ3v) is 7.18. The number of aromatic nitrogens is 1. The minimum atomic E-state index is 0.110. The molecule has 0 radical (unpaired) electrons. The fraction of sp³-hybridized carbons (Fsp3) is 0.391. The summed E-state index contributed by atoms with van der Waals surface area (Å²) < 4.78 is 12.5. The summed E-state index contributed by atoms with van der Waals surface area (Å²) in [7, 11) is 1.65. The molecule has 1 aliphatic rings. The van der Waals surface area contributed by atoms with Crippen LogP contribution < -0.4 is 9.47 Å². The van der Waals surface area contributed by atoms with Gasteiger partial charge in [-0.2, -0.15) is 0 Å². The number of fused-ring (bicyclic) bond motifs is 1. The molecule has 5 nitrogen and oxygen atoms in total. The molecule has 0 N–H and O–H groups in total. The SMILES string of the molecule is COc1ccc2sc(OC3CCN(C(=O)CCSc4ccc(C)cc4)CC3)nc2c1. The van der Waals surface area contributed by atoms with E-state index in [1.807, 2.05) is 23.1 Å². The number of piperidine rings is 1. The third kappa shape index (κ3) is 5.26. The number of hydrogen-bond acceptors (Lipinski definition) is 6. The van der Waals surface area contributed by atoms with Gasteiger partial charge in [-0.25, -0.2) is 4.98 Å². The van der Waals surface area contributed by atoms with E-state index in [1.165, 1.54) is 10.5 Å². The summed E-state index contributed by atoms with van der Waals surface area (Å²) in [5.41, 5.74) is 2.15. The van der Waals surface area contributed by atoms with Gasteiger partial charge in [0.1, 0.15) is 11.9 Å². The van der Waals surface area contributed by atoms with Crippen LogP contribution >= 0.6 is 23.1 Å². The molecule has 0 saturated carbocycles. The lowest BCUT2D eigenvalue weighted by Gasteiger charge is -2.31. The number of thioether (sulfide) groups is 1. The number of amides is 1. The zero-order chi connectivity index (χ0) is 20.9. The molecule has 0 spiro atoms. The number of thiazole rings is 1. The predicted octanol–water partition coefficient (Wildman–Crippen LogP) is 5.17. The van der Waals surface area contributed by atoms with Crippen molar-refractivity contribution in [3.05, 3.63) is 48.0 Å². The van der Waals surface area contributed by atoms with Gasteiger partial charge in [0.05, 0.1) is 17.3 Å². The second-order valence-electron chi connectivity index (χ2n) is 7.42. The zero-order valence-corrected chi connectivity index (χ0v) is 18.9. The summed E-state index contributed by atoms with van der Waals surface area (Å²) in [5, 5.41) is 0.692. The van der Waals surface area contributed by atoms with E-state index >= 15 is 0 Å². The monoisotopic (exact) mass is 442 g/mol. The highest BCUT2D eigenvalue weighted by molar-refractivity contribution is 7.99. The maximum Gasteiger partial charge on any atom is 0.274 e. The minimum Gasteiger partial charge on any atom is -0.497 e. The molecule has 1 amide bonds. The molecule has 1 saturated heterocycles. The van der Waals surface area contributed by atoms with Crippen LogP contribution in [0.15, 0.2) is 47.4 Å². The van der Waals surface area contributed by atoms with Crippen LogP contribution in [0.4, 0.5) is 0 Å². The Balaban J connectivity index is 1.22. The fourth-order valence-electron chi connectivity index (χ4n) is 3.48. The number of nitrogens with zero attached hydrogens (tertiary/aromatic N) is 2. The maximum absolute atomic E-state index is 12.5. The lowest BCUT2D eigenvalue weighted by atomic mass is 10.1. The number of carbonyl (C=O) groups excluding carboxylic acids is 1. The van der Waals surface area contributed by atoms with E-state index in [1.54, 1.807) is 30.2 Å². The molecule has 1 aromatic heterocycles. The molecule has 0 aliphatic carbocycles. The van der Waals surface area contributed by atoms with Gasteiger partial charge in [-0.05, 0) is 31.2 Å². The molecule has 0 bridgehead atoms. The van der Waals surface area contributed by atoms with Gasteiger partial charge < -0.3 is 14.4 Å². The number of ether oxygens (including phenoxy) is 2. The Morgan fingerprint density at radius 2 is 1.97 bits per heavy atom. The Labute approximate surface area is 185 Å². The summed E-state index contributed by atoms with van der Waals surface area (Å²) in [5.74, 6) is 1.85. The molecule has 0 unspecified atom stereocenters. The number of methoxy groups -OCH3 is 1. The van der Waals surface area contributed by atoms with Crippen LogP contribution in [0.5, 0.6) is 10.9 Å². The highest BCUT2D eigenvalue weighted by Crippen LogP contribution is 2.32. The van der Waals surface area contributed by atoms with Gasteiger partial charge in [-0.3, -0.25) is 4.79 Å². The van der Waals surface area contributed by atoms with Crippen molar-refractivity contribution in [1.29, 1.82) is 0 Å². The number of carbonyl (C=O) groups is 1. The summed E-state index contributed by atoms with van der Waals surface area (Å²) in [6.07, 6.45) is 2.37. The Morgan fingerprint density at radius 3 is 2.70 bits per heavy atom. The van der Waals surface area contributed by atoms with Gasteiger partial charge in [0.15, 0.2) is 0 Å². The van der Waals surface area contributed by atoms with Crippen molar-refractivity contribution in [2.24, 2.45) is 0 Å². The van der Waals surface area contributed by atoms with E-state index in [2.05, 4.69) is 36.2 Å². The van der Waals surface area contributed by atoms with Crippen molar-refractivity contribution < 1.29 is 14.3 Å². The predicted molar refractivity (Wildman–Crippen MR) is 123 cm³/mol. The average Bonchev–Trinajstić information content (AvgIpc) is 3.17. The molecule has 1 fully saturated rings. The third-order valence-electron chi connectivity index (χ3n) is 5.24. The molecule has 158 valence electrons. The zero-order valence-electron chi connectivity index (χ0n) is 17.3. The molecule has 1 aliphatic heterocycles. The lowest BCUT2D eigenvalue weighted by molar-refractivity contribution is -0.132. The van der Waals surface area contributed by atoms with Gasteiger partial charge in [0.25, 0.3) is 5.19 Å².